The summed E-state index contributed by atoms with van der Waals surface area (Å²) in [6, 6.07) is 11.1. The van der Waals surface area contributed by atoms with E-state index in [0.29, 0.717) is 11.4 Å². The second-order valence-electron chi connectivity index (χ2n) is 4.19. The van der Waals surface area contributed by atoms with Crippen LogP contribution in [0.5, 0.6) is 5.75 Å². The van der Waals surface area contributed by atoms with E-state index in [2.05, 4.69) is 5.32 Å². The highest BCUT2D eigenvalue weighted by atomic mass is 35.5. The molecule has 2 aromatic rings. The number of rotatable bonds is 4. The standard InChI is InChI=1S/C16H13ClFNO2/c1-21-15-5-3-2-4-11(15)6-9-16(20)19-14-8-7-12(18)10-13(14)17/h2-10H,1H3,(H,19,20)/b9-6+. The monoisotopic (exact) mass is 305 g/mol. The number of ether oxygens (including phenoxy) is 1. The van der Waals surface area contributed by atoms with E-state index in [1.807, 2.05) is 18.2 Å². The molecule has 0 fully saturated rings. The van der Waals surface area contributed by atoms with Crippen molar-refractivity contribution in [2.45, 2.75) is 0 Å². The summed E-state index contributed by atoms with van der Waals surface area (Å²) in [5.41, 5.74) is 1.13. The highest BCUT2D eigenvalue weighted by Gasteiger charge is 2.05. The van der Waals surface area contributed by atoms with Gasteiger partial charge in [-0.2, -0.15) is 0 Å². The Bertz CT molecular complexity index is 686. The summed E-state index contributed by atoms with van der Waals surface area (Å²) in [6.07, 6.45) is 2.99. The molecule has 0 aliphatic heterocycles. The molecule has 2 aromatic carbocycles. The molecule has 0 saturated carbocycles. The highest BCUT2D eigenvalue weighted by molar-refractivity contribution is 6.33. The Kier molecular flexibility index (Phi) is 4.95. The number of nitrogens with one attached hydrogen (secondary N) is 1. The lowest BCUT2D eigenvalue weighted by molar-refractivity contribution is -0.111. The van der Waals surface area contributed by atoms with Crippen LogP contribution in [0.4, 0.5) is 10.1 Å². The van der Waals surface area contributed by atoms with Crippen molar-refractivity contribution in [1.82, 2.24) is 0 Å². The molecule has 0 heterocycles. The van der Waals surface area contributed by atoms with Crippen molar-refractivity contribution in [3.63, 3.8) is 0 Å². The summed E-state index contributed by atoms with van der Waals surface area (Å²) in [5.74, 6) is -0.154. The summed E-state index contributed by atoms with van der Waals surface area (Å²) >= 11 is 5.84. The molecule has 2 rings (SSSR count). The molecule has 0 saturated heterocycles. The fraction of sp³-hybridized carbons (Fsp3) is 0.0625. The SMILES string of the molecule is COc1ccccc1/C=C/C(=O)Nc1ccc(F)cc1Cl. The van der Waals surface area contributed by atoms with Gasteiger partial charge < -0.3 is 10.1 Å². The van der Waals surface area contributed by atoms with Crippen molar-refractivity contribution >= 4 is 29.3 Å². The summed E-state index contributed by atoms with van der Waals surface area (Å²) < 4.78 is 18.1. The Labute approximate surface area is 127 Å². The van der Waals surface area contributed by atoms with Gasteiger partial charge in [0, 0.05) is 11.6 Å². The number of carbonyl (C=O) groups is 1. The van der Waals surface area contributed by atoms with E-state index >= 15 is 0 Å². The Morgan fingerprint density at radius 3 is 2.76 bits per heavy atom. The van der Waals surface area contributed by atoms with Crippen LogP contribution >= 0.6 is 11.6 Å². The topological polar surface area (TPSA) is 38.3 Å². The molecule has 0 atom stereocenters. The number of hydrogen-bond donors (Lipinski definition) is 1. The minimum absolute atomic E-state index is 0.147. The maximum atomic E-state index is 12.9. The second-order valence-corrected chi connectivity index (χ2v) is 4.60. The van der Waals surface area contributed by atoms with Crippen LogP contribution in [-0.4, -0.2) is 13.0 Å². The van der Waals surface area contributed by atoms with E-state index < -0.39 is 5.82 Å². The molecule has 1 N–H and O–H groups in total. The number of carbonyl (C=O) groups excluding carboxylic acids is 1. The van der Waals surface area contributed by atoms with E-state index in [4.69, 9.17) is 16.3 Å². The van der Waals surface area contributed by atoms with Crippen molar-refractivity contribution in [3.05, 3.63) is 64.9 Å². The van der Waals surface area contributed by atoms with Gasteiger partial charge in [0.1, 0.15) is 11.6 Å². The average Bonchev–Trinajstić information content (AvgIpc) is 2.48. The minimum atomic E-state index is -0.456. The summed E-state index contributed by atoms with van der Waals surface area (Å²) in [5, 5.41) is 2.73. The van der Waals surface area contributed by atoms with Gasteiger partial charge in [-0.25, -0.2) is 4.39 Å². The maximum Gasteiger partial charge on any atom is 0.248 e. The van der Waals surface area contributed by atoms with E-state index in [-0.39, 0.29) is 10.9 Å². The normalized spacial score (nSPS) is 10.6. The predicted molar refractivity (Wildman–Crippen MR) is 82.1 cm³/mol. The largest absolute Gasteiger partial charge is 0.496 e. The lowest BCUT2D eigenvalue weighted by Crippen LogP contribution is -2.08. The van der Waals surface area contributed by atoms with Crippen LogP contribution < -0.4 is 10.1 Å². The molecular weight excluding hydrogens is 293 g/mol. The predicted octanol–water partition coefficient (Wildman–Crippen LogP) is 4.14. The third kappa shape index (κ3) is 4.07. The van der Waals surface area contributed by atoms with E-state index in [0.717, 1.165) is 11.6 Å². The van der Waals surface area contributed by atoms with Gasteiger partial charge in [0.25, 0.3) is 0 Å². The fourth-order valence-corrected chi connectivity index (χ4v) is 1.95. The Morgan fingerprint density at radius 1 is 1.29 bits per heavy atom. The van der Waals surface area contributed by atoms with Crippen molar-refractivity contribution in [2.24, 2.45) is 0 Å². The first-order valence-corrected chi connectivity index (χ1v) is 6.55. The molecule has 0 unspecified atom stereocenters. The maximum absolute atomic E-state index is 12.9. The van der Waals surface area contributed by atoms with Gasteiger partial charge in [-0.1, -0.05) is 29.8 Å². The highest BCUT2D eigenvalue weighted by Crippen LogP contribution is 2.23. The summed E-state index contributed by atoms with van der Waals surface area (Å²) in [4.78, 5) is 11.8. The molecular formula is C16H13ClFNO2. The molecule has 5 heteroatoms. The first kappa shape index (κ1) is 15.1. The lowest BCUT2D eigenvalue weighted by atomic mass is 10.2. The zero-order valence-electron chi connectivity index (χ0n) is 11.3. The first-order chi connectivity index (χ1) is 10.1. The quantitative estimate of drug-likeness (QED) is 0.862. The van der Waals surface area contributed by atoms with Crippen molar-refractivity contribution in [3.8, 4) is 5.75 Å². The third-order valence-corrected chi connectivity index (χ3v) is 3.05. The van der Waals surface area contributed by atoms with E-state index in [1.165, 1.54) is 18.2 Å². The molecule has 0 spiro atoms. The third-order valence-electron chi connectivity index (χ3n) is 2.74. The van der Waals surface area contributed by atoms with Gasteiger partial charge in [-0.3, -0.25) is 4.79 Å². The zero-order chi connectivity index (χ0) is 15.2. The molecule has 21 heavy (non-hydrogen) atoms. The first-order valence-electron chi connectivity index (χ1n) is 6.17. The van der Waals surface area contributed by atoms with Gasteiger partial charge in [-0.15, -0.1) is 0 Å². The van der Waals surface area contributed by atoms with Crippen LogP contribution in [0, 0.1) is 5.82 Å². The van der Waals surface area contributed by atoms with Gasteiger partial charge in [0.15, 0.2) is 0 Å². The molecule has 0 aliphatic carbocycles. The Balaban J connectivity index is 2.09. The molecule has 0 radical (unpaired) electrons. The number of anilines is 1. The zero-order valence-corrected chi connectivity index (χ0v) is 12.0. The van der Waals surface area contributed by atoms with Crippen LogP contribution in [0.15, 0.2) is 48.5 Å². The number of benzene rings is 2. The second kappa shape index (κ2) is 6.90. The Morgan fingerprint density at radius 2 is 2.05 bits per heavy atom. The number of methoxy groups -OCH3 is 1. The summed E-state index contributed by atoms with van der Waals surface area (Å²) in [6.45, 7) is 0. The van der Waals surface area contributed by atoms with Gasteiger partial charge >= 0.3 is 0 Å². The smallest absolute Gasteiger partial charge is 0.248 e. The number of hydrogen-bond acceptors (Lipinski definition) is 2. The van der Waals surface area contributed by atoms with Crippen LogP contribution in [0.3, 0.4) is 0 Å². The number of para-hydroxylation sites is 1. The summed E-state index contributed by atoms with van der Waals surface area (Å²) in [7, 11) is 1.56. The van der Waals surface area contributed by atoms with Crippen molar-refractivity contribution in [1.29, 1.82) is 0 Å². The minimum Gasteiger partial charge on any atom is -0.496 e. The fourth-order valence-electron chi connectivity index (χ4n) is 1.73. The molecule has 108 valence electrons. The van der Waals surface area contributed by atoms with Crippen LogP contribution in [0.2, 0.25) is 5.02 Å². The van der Waals surface area contributed by atoms with Gasteiger partial charge in [0.2, 0.25) is 5.91 Å². The molecule has 0 aromatic heterocycles. The van der Waals surface area contributed by atoms with Gasteiger partial charge in [-0.05, 0) is 30.3 Å². The number of amides is 1. The van der Waals surface area contributed by atoms with Gasteiger partial charge in [0.05, 0.1) is 17.8 Å². The molecule has 0 aliphatic rings. The van der Waals surface area contributed by atoms with Crippen molar-refractivity contribution in [2.75, 3.05) is 12.4 Å². The van der Waals surface area contributed by atoms with E-state index in [9.17, 15) is 9.18 Å². The van der Waals surface area contributed by atoms with Crippen molar-refractivity contribution < 1.29 is 13.9 Å². The van der Waals surface area contributed by atoms with Crippen LogP contribution in [0.25, 0.3) is 6.08 Å². The molecule has 3 nitrogen and oxygen atoms in total. The van der Waals surface area contributed by atoms with Crippen LogP contribution in [-0.2, 0) is 4.79 Å². The number of halogens is 2. The molecule has 1 amide bonds. The lowest BCUT2D eigenvalue weighted by Gasteiger charge is -2.05. The average molecular weight is 306 g/mol. The molecule has 0 bridgehead atoms. The Hall–Kier alpha value is -2.33. The van der Waals surface area contributed by atoms with E-state index in [1.54, 1.807) is 19.3 Å². The van der Waals surface area contributed by atoms with Crippen LogP contribution in [0.1, 0.15) is 5.56 Å².